The fourth-order valence-corrected chi connectivity index (χ4v) is 7.47. The molecular weight excluding hydrogens is 460 g/mol. The predicted molar refractivity (Wildman–Crippen MR) is 133 cm³/mol. The Morgan fingerprint density at radius 2 is 1.51 bits per heavy atom. The van der Waals surface area contributed by atoms with Gasteiger partial charge in [-0.05, 0) is 52.8 Å². The minimum absolute atomic E-state index is 0.145. The van der Waals surface area contributed by atoms with E-state index in [1.165, 1.54) is 32.6 Å². The van der Waals surface area contributed by atoms with Gasteiger partial charge < -0.3 is 10.1 Å². The summed E-state index contributed by atoms with van der Waals surface area (Å²) >= 11 is 0. The average Bonchev–Trinajstić information content (AvgIpc) is 2.92. The molecule has 0 saturated carbocycles. The van der Waals surface area contributed by atoms with Crippen molar-refractivity contribution in [3.8, 4) is 0 Å². The number of morpholine rings is 1. The van der Waals surface area contributed by atoms with Gasteiger partial charge in [0, 0.05) is 37.0 Å². The molecule has 2 bridgehead atoms. The second-order valence-electron chi connectivity index (χ2n) is 9.54. The van der Waals surface area contributed by atoms with E-state index in [-0.39, 0.29) is 22.6 Å². The standard InChI is InChI=1S/C28H28N2O4S/c31-28(19-6-5-7-21(16-19)35(32,33)30-12-14-34-15-13-30)29-18-20-17-26-22-8-1-3-10-24(22)27(20)25-11-4-2-9-23(25)26/h1-11,16,20,26-27H,12-15,17-18H2,(H,29,31). The van der Waals surface area contributed by atoms with Crippen molar-refractivity contribution in [2.24, 2.45) is 5.92 Å². The van der Waals surface area contributed by atoms with E-state index < -0.39 is 10.0 Å². The SMILES string of the molecule is O=C(NCC1CC2c3ccccc3C1c1ccccc12)c1cccc(S(=O)(=O)N2CCOCC2)c1. The first-order chi connectivity index (χ1) is 17.0. The van der Waals surface area contributed by atoms with Gasteiger partial charge in [-0.2, -0.15) is 4.31 Å². The summed E-state index contributed by atoms with van der Waals surface area (Å²) in [5, 5.41) is 3.11. The van der Waals surface area contributed by atoms with Crippen LogP contribution in [0.3, 0.4) is 0 Å². The molecule has 3 aromatic carbocycles. The van der Waals surface area contributed by atoms with Gasteiger partial charge in [0.05, 0.1) is 18.1 Å². The van der Waals surface area contributed by atoms with Crippen molar-refractivity contribution < 1.29 is 17.9 Å². The lowest BCUT2D eigenvalue weighted by atomic mass is 9.59. The highest BCUT2D eigenvalue weighted by Crippen LogP contribution is 2.55. The smallest absolute Gasteiger partial charge is 0.251 e. The Morgan fingerprint density at radius 3 is 2.17 bits per heavy atom. The van der Waals surface area contributed by atoms with Gasteiger partial charge in [0.2, 0.25) is 10.0 Å². The summed E-state index contributed by atoms with van der Waals surface area (Å²) in [7, 11) is -3.65. The van der Waals surface area contributed by atoms with Crippen LogP contribution in [0, 0.1) is 5.92 Å². The zero-order valence-electron chi connectivity index (χ0n) is 19.4. The normalized spacial score (nSPS) is 23.4. The van der Waals surface area contributed by atoms with Gasteiger partial charge in [0.15, 0.2) is 0 Å². The summed E-state index contributed by atoms with van der Waals surface area (Å²) in [6.45, 7) is 1.96. The van der Waals surface area contributed by atoms with E-state index in [9.17, 15) is 13.2 Å². The topological polar surface area (TPSA) is 75.7 Å². The Bertz CT molecular complexity index is 1330. The number of carbonyl (C=O) groups is 1. The van der Waals surface area contributed by atoms with Crippen molar-refractivity contribution in [3.63, 3.8) is 0 Å². The van der Waals surface area contributed by atoms with Gasteiger partial charge in [0.1, 0.15) is 0 Å². The first kappa shape index (κ1) is 22.5. The van der Waals surface area contributed by atoms with Crippen molar-refractivity contribution in [1.82, 2.24) is 9.62 Å². The molecule has 0 aromatic heterocycles. The summed E-state index contributed by atoms with van der Waals surface area (Å²) in [4.78, 5) is 13.2. The molecule has 1 heterocycles. The molecule has 1 amide bonds. The molecule has 6 nitrogen and oxygen atoms in total. The number of sulfonamides is 1. The van der Waals surface area contributed by atoms with Crippen LogP contribution < -0.4 is 5.32 Å². The number of carbonyl (C=O) groups excluding carboxylic acids is 1. The second-order valence-corrected chi connectivity index (χ2v) is 11.5. The van der Waals surface area contributed by atoms with E-state index in [1.807, 2.05) is 0 Å². The molecule has 180 valence electrons. The number of rotatable bonds is 5. The van der Waals surface area contributed by atoms with Gasteiger partial charge in [-0.15, -0.1) is 0 Å². The zero-order valence-corrected chi connectivity index (χ0v) is 20.2. The van der Waals surface area contributed by atoms with Crippen LogP contribution in [-0.2, 0) is 14.8 Å². The van der Waals surface area contributed by atoms with E-state index in [2.05, 4.69) is 53.8 Å². The van der Waals surface area contributed by atoms with Crippen molar-refractivity contribution in [2.45, 2.75) is 23.2 Å². The van der Waals surface area contributed by atoms with Gasteiger partial charge in [-0.25, -0.2) is 8.42 Å². The highest BCUT2D eigenvalue weighted by molar-refractivity contribution is 7.89. The molecule has 0 radical (unpaired) electrons. The molecule has 7 rings (SSSR count). The first-order valence-corrected chi connectivity index (χ1v) is 13.6. The molecule has 7 heteroatoms. The quantitative estimate of drug-likeness (QED) is 0.594. The number of fused-ring (bicyclic) bond motifs is 1. The van der Waals surface area contributed by atoms with Crippen LogP contribution in [0.15, 0.2) is 77.7 Å². The number of nitrogens with zero attached hydrogens (tertiary/aromatic N) is 1. The van der Waals surface area contributed by atoms with Crippen molar-refractivity contribution in [3.05, 3.63) is 101 Å². The maximum atomic E-state index is 13.1. The van der Waals surface area contributed by atoms with Gasteiger partial charge in [-0.1, -0.05) is 54.6 Å². The molecule has 0 spiro atoms. The third-order valence-electron chi connectivity index (χ3n) is 7.65. The third kappa shape index (κ3) is 3.88. The molecule has 1 aliphatic heterocycles. The number of amides is 1. The summed E-state index contributed by atoms with van der Waals surface area (Å²) < 4.78 is 32.7. The van der Waals surface area contributed by atoms with E-state index in [1.54, 1.807) is 18.2 Å². The Morgan fingerprint density at radius 1 is 0.886 bits per heavy atom. The fraction of sp³-hybridized carbons (Fsp3) is 0.321. The van der Waals surface area contributed by atoms with Crippen LogP contribution in [0.5, 0.6) is 0 Å². The molecule has 1 N–H and O–H groups in total. The van der Waals surface area contributed by atoms with Gasteiger partial charge in [0.25, 0.3) is 5.91 Å². The molecular formula is C28H28N2O4S. The van der Waals surface area contributed by atoms with Crippen LogP contribution in [0.2, 0.25) is 0 Å². The number of hydrogen-bond acceptors (Lipinski definition) is 4. The maximum absolute atomic E-state index is 13.1. The van der Waals surface area contributed by atoms with Crippen molar-refractivity contribution in [2.75, 3.05) is 32.8 Å². The number of benzene rings is 3. The van der Waals surface area contributed by atoms with Crippen LogP contribution in [-0.4, -0.2) is 51.5 Å². The average molecular weight is 489 g/mol. The Kier molecular flexibility index (Phi) is 5.71. The summed E-state index contributed by atoms with van der Waals surface area (Å²) in [5.41, 5.74) is 5.89. The molecule has 1 atom stereocenters. The number of nitrogens with one attached hydrogen (secondary N) is 1. The predicted octanol–water partition coefficient (Wildman–Crippen LogP) is 3.73. The number of ether oxygens (including phenoxy) is 1. The monoisotopic (exact) mass is 488 g/mol. The molecule has 1 fully saturated rings. The summed E-state index contributed by atoms with van der Waals surface area (Å²) in [6, 6.07) is 23.7. The van der Waals surface area contributed by atoms with Gasteiger partial charge >= 0.3 is 0 Å². The van der Waals surface area contributed by atoms with E-state index in [0.717, 1.165) is 6.42 Å². The minimum Gasteiger partial charge on any atom is -0.379 e. The maximum Gasteiger partial charge on any atom is 0.251 e. The Hall–Kier alpha value is -3.00. The minimum atomic E-state index is -3.65. The Balaban J connectivity index is 1.21. The largest absolute Gasteiger partial charge is 0.379 e. The Labute approximate surface area is 206 Å². The lowest BCUT2D eigenvalue weighted by molar-refractivity contribution is 0.0730. The summed E-state index contributed by atoms with van der Waals surface area (Å²) in [5.74, 6) is 0.637. The molecule has 3 aromatic rings. The zero-order chi connectivity index (χ0) is 24.0. The first-order valence-electron chi connectivity index (χ1n) is 12.2. The molecule has 4 aliphatic rings. The van der Waals surface area contributed by atoms with Crippen molar-refractivity contribution >= 4 is 15.9 Å². The molecule has 1 unspecified atom stereocenters. The number of hydrogen-bond donors (Lipinski definition) is 1. The van der Waals surface area contributed by atoms with Crippen LogP contribution in [0.4, 0.5) is 0 Å². The lowest BCUT2D eigenvalue weighted by Gasteiger charge is -2.45. The van der Waals surface area contributed by atoms with Gasteiger partial charge in [-0.3, -0.25) is 4.79 Å². The molecule has 35 heavy (non-hydrogen) atoms. The molecule has 3 aliphatic carbocycles. The van der Waals surface area contributed by atoms with Crippen LogP contribution >= 0.6 is 0 Å². The summed E-state index contributed by atoms with van der Waals surface area (Å²) in [6.07, 6.45) is 0.990. The fourth-order valence-electron chi connectivity index (χ4n) is 6.02. The van der Waals surface area contributed by atoms with Crippen LogP contribution in [0.25, 0.3) is 0 Å². The van der Waals surface area contributed by atoms with E-state index in [4.69, 9.17) is 4.74 Å². The van der Waals surface area contributed by atoms with Crippen LogP contribution in [0.1, 0.15) is 50.9 Å². The highest BCUT2D eigenvalue weighted by Gasteiger charge is 2.42. The second kappa shape index (κ2) is 8.90. The van der Waals surface area contributed by atoms with E-state index >= 15 is 0 Å². The lowest BCUT2D eigenvalue weighted by Crippen LogP contribution is -2.41. The van der Waals surface area contributed by atoms with E-state index in [0.29, 0.717) is 44.3 Å². The molecule has 1 saturated heterocycles. The third-order valence-corrected chi connectivity index (χ3v) is 9.55. The highest BCUT2D eigenvalue weighted by atomic mass is 32.2. The van der Waals surface area contributed by atoms with Crippen molar-refractivity contribution in [1.29, 1.82) is 0 Å².